The second-order valence-corrected chi connectivity index (χ2v) is 6.09. The van der Waals surface area contributed by atoms with E-state index in [1.807, 2.05) is 54.6 Å². The molecule has 0 radical (unpaired) electrons. The van der Waals surface area contributed by atoms with E-state index in [1.165, 1.54) is 0 Å². The molecule has 0 bridgehead atoms. The largest absolute Gasteiger partial charge is 0.497 e. The summed E-state index contributed by atoms with van der Waals surface area (Å²) in [5, 5.41) is 10.2. The molecule has 26 heavy (non-hydrogen) atoms. The lowest BCUT2D eigenvalue weighted by Crippen LogP contribution is -2.40. The summed E-state index contributed by atoms with van der Waals surface area (Å²) in [5.41, 5.74) is 8.75. The van der Waals surface area contributed by atoms with Crippen molar-refractivity contribution >= 4 is 0 Å². The van der Waals surface area contributed by atoms with Crippen LogP contribution in [0.4, 0.5) is 0 Å². The molecule has 2 aromatic carbocycles. The van der Waals surface area contributed by atoms with Crippen LogP contribution in [0, 0.1) is 0 Å². The van der Waals surface area contributed by atoms with E-state index >= 15 is 0 Å². The predicted molar refractivity (Wildman–Crippen MR) is 102 cm³/mol. The third kappa shape index (κ3) is 6.61. The maximum Gasteiger partial charge on any atom is 0.118 e. The monoisotopic (exact) mass is 357 g/mol. The van der Waals surface area contributed by atoms with Crippen LogP contribution in [0.3, 0.4) is 0 Å². The van der Waals surface area contributed by atoms with Crippen molar-refractivity contribution < 1.29 is 19.3 Å². The number of aliphatic hydroxyl groups is 1. The van der Waals surface area contributed by atoms with E-state index in [9.17, 15) is 5.11 Å². The Morgan fingerprint density at radius 2 is 1.62 bits per heavy atom. The van der Waals surface area contributed by atoms with Crippen molar-refractivity contribution in [2.75, 3.05) is 20.3 Å². The fourth-order valence-corrected chi connectivity index (χ4v) is 2.37. The maximum absolute atomic E-state index is 10.2. The predicted octanol–water partition coefficient (Wildman–Crippen LogP) is 2.67. The fourth-order valence-electron chi connectivity index (χ4n) is 2.37. The molecule has 2 rings (SSSR count). The molecule has 3 N–H and O–H groups in total. The van der Waals surface area contributed by atoms with Crippen LogP contribution < -0.4 is 10.5 Å². The second kappa shape index (κ2) is 10.7. The molecule has 0 fully saturated rings. The van der Waals surface area contributed by atoms with Crippen molar-refractivity contribution in [2.45, 2.75) is 25.4 Å². The van der Waals surface area contributed by atoms with Gasteiger partial charge in [-0.3, -0.25) is 0 Å². The van der Waals surface area contributed by atoms with Gasteiger partial charge in [0.1, 0.15) is 5.75 Å². The van der Waals surface area contributed by atoms with Gasteiger partial charge in [-0.25, -0.2) is 0 Å². The van der Waals surface area contributed by atoms with Crippen LogP contribution in [0.15, 0.2) is 66.7 Å². The Balaban J connectivity index is 1.66. The van der Waals surface area contributed by atoms with Crippen molar-refractivity contribution in [2.24, 2.45) is 5.73 Å². The first-order valence-electron chi connectivity index (χ1n) is 8.54. The minimum Gasteiger partial charge on any atom is -0.497 e. The third-order valence-electron chi connectivity index (χ3n) is 4.00. The Morgan fingerprint density at radius 1 is 1.00 bits per heavy atom. The summed E-state index contributed by atoms with van der Waals surface area (Å²) in [7, 11) is 1.62. The molecule has 0 aliphatic heterocycles. The van der Waals surface area contributed by atoms with Crippen molar-refractivity contribution in [3.8, 4) is 5.75 Å². The Kier molecular flexibility index (Phi) is 8.31. The van der Waals surface area contributed by atoms with E-state index in [0.717, 1.165) is 16.9 Å². The Hall–Kier alpha value is -2.18. The molecule has 0 amide bonds. The number of nitrogens with two attached hydrogens (primary N) is 1. The van der Waals surface area contributed by atoms with Gasteiger partial charge >= 0.3 is 0 Å². The highest BCUT2D eigenvalue weighted by Crippen LogP contribution is 2.12. The average Bonchev–Trinajstić information content (AvgIpc) is 2.68. The number of hydrogen-bond donors (Lipinski definition) is 2. The molecule has 2 aromatic rings. The number of aliphatic hydroxyl groups excluding tert-OH is 1. The molecule has 0 aliphatic rings. The van der Waals surface area contributed by atoms with Gasteiger partial charge in [-0.05, 0) is 28.8 Å². The highest BCUT2D eigenvalue weighted by molar-refractivity contribution is 5.26. The van der Waals surface area contributed by atoms with Gasteiger partial charge in [0.2, 0.25) is 0 Å². The molecule has 5 heteroatoms. The molecule has 0 unspecified atom stereocenters. The van der Waals surface area contributed by atoms with E-state index in [1.54, 1.807) is 7.11 Å². The highest BCUT2D eigenvalue weighted by Gasteiger charge is 2.18. The molecule has 0 spiro atoms. The van der Waals surface area contributed by atoms with Gasteiger partial charge in [0.15, 0.2) is 0 Å². The number of rotatable bonds is 11. The smallest absolute Gasteiger partial charge is 0.118 e. The molecule has 0 heterocycles. The van der Waals surface area contributed by atoms with Crippen LogP contribution >= 0.6 is 0 Å². The third-order valence-corrected chi connectivity index (χ3v) is 4.00. The Morgan fingerprint density at radius 3 is 2.27 bits per heavy atom. The van der Waals surface area contributed by atoms with E-state index in [4.69, 9.17) is 19.9 Å². The minimum absolute atomic E-state index is 0.130. The number of hydrogen-bond acceptors (Lipinski definition) is 5. The van der Waals surface area contributed by atoms with Gasteiger partial charge in [-0.2, -0.15) is 0 Å². The Bertz CT molecular complexity index is 657. The van der Waals surface area contributed by atoms with E-state index in [0.29, 0.717) is 25.4 Å². The first-order valence-corrected chi connectivity index (χ1v) is 8.54. The Labute approximate surface area is 155 Å². The van der Waals surface area contributed by atoms with E-state index in [-0.39, 0.29) is 6.61 Å². The van der Waals surface area contributed by atoms with Crippen molar-refractivity contribution in [1.29, 1.82) is 0 Å². The van der Waals surface area contributed by atoms with Crippen LogP contribution in [0.25, 0.3) is 0 Å². The SMILES string of the molecule is C=C(COCc1ccccc1)[C@@H](N)[C@@H](O)COCc1ccc(OC)cc1. The molecule has 2 atom stereocenters. The average molecular weight is 357 g/mol. The van der Waals surface area contributed by atoms with Gasteiger partial charge in [0.25, 0.3) is 0 Å². The molecule has 0 saturated carbocycles. The summed E-state index contributed by atoms with van der Waals surface area (Å²) in [6.07, 6.45) is -0.832. The van der Waals surface area contributed by atoms with Crippen molar-refractivity contribution in [3.63, 3.8) is 0 Å². The summed E-state index contributed by atoms with van der Waals surface area (Å²) in [5.74, 6) is 0.794. The summed E-state index contributed by atoms with van der Waals surface area (Å²) < 4.78 is 16.3. The van der Waals surface area contributed by atoms with Gasteiger partial charge < -0.3 is 25.1 Å². The van der Waals surface area contributed by atoms with Crippen LogP contribution in [0.2, 0.25) is 0 Å². The zero-order valence-corrected chi connectivity index (χ0v) is 15.1. The topological polar surface area (TPSA) is 73.9 Å². The zero-order chi connectivity index (χ0) is 18.8. The van der Waals surface area contributed by atoms with Gasteiger partial charge in [-0.1, -0.05) is 49.0 Å². The van der Waals surface area contributed by atoms with Gasteiger partial charge in [0.05, 0.1) is 45.7 Å². The van der Waals surface area contributed by atoms with Gasteiger partial charge in [-0.15, -0.1) is 0 Å². The molecule has 0 aromatic heterocycles. The molecular weight excluding hydrogens is 330 g/mol. The quantitative estimate of drug-likeness (QED) is 0.605. The van der Waals surface area contributed by atoms with Crippen molar-refractivity contribution in [3.05, 3.63) is 77.9 Å². The lowest BCUT2D eigenvalue weighted by molar-refractivity contribution is 0.0183. The van der Waals surface area contributed by atoms with Gasteiger partial charge in [0, 0.05) is 0 Å². The molecule has 140 valence electrons. The van der Waals surface area contributed by atoms with Crippen LogP contribution in [-0.4, -0.2) is 37.6 Å². The number of benzene rings is 2. The normalized spacial score (nSPS) is 13.2. The lowest BCUT2D eigenvalue weighted by Gasteiger charge is -2.21. The summed E-state index contributed by atoms with van der Waals surface area (Å²) >= 11 is 0. The summed E-state index contributed by atoms with van der Waals surface area (Å²) in [6, 6.07) is 16.8. The first-order chi connectivity index (χ1) is 12.6. The van der Waals surface area contributed by atoms with Crippen molar-refractivity contribution in [1.82, 2.24) is 0 Å². The lowest BCUT2D eigenvalue weighted by atomic mass is 10.1. The second-order valence-electron chi connectivity index (χ2n) is 6.09. The van der Waals surface area contributed by atoms with Crippen LogP contribution in [0.1, 0.15) is 11.1 Å². The van der Waals surface area contributed by atoms with E-state index in [2.05, 4.69) is 6.58 Å². The molecule has 5 nitrogen and oxygen atoms in total. The maximum atomic E-state index is 10.2. The zero-order valence-electron chi connectivity index (χ0n) is 15.1. The summed E-state index contributed by atoms with van der Waals surface area (Å²) in [6.45, 7) is 5.22. The summed E-state index contributed by atoms with van der Waals surface area (Å²) in [4.78, 5) is 0. The fraction of sp³-hybridized carbons (Fsp3) is 0.333. The molecular formula is C21H27NO4. The van der Waals surface area contributed by atoms with Crippen LogP contribution in [-0.2, 0) is 22.7 Å². The molecule has 0 saturated heterocycles. The standard InChI is InChI=1S/C21H27NO4/c1-16(12-25-13-17-6-4-3-5-7-17)21(22)20(23)15-26-14-18-8-10-19(24-2)11-9-18/h3-11,20-21,23H,1,12-15,22H2,2H3/t20-,21+/m0/s1. The first kappa shape index (κ1) is 20.1. The van der Waals surface area contributed by atoms with E-state index < -0.39 is 12.1 Å². The number of ether oxygens (including phenoxy) is 3. The number of methoxy groups -OCH3 is 1. The molecule has 0 aliphatic carbocycles. The minimum atomic E-state index is -0.832. The highest BCUT2D eigenvalue weighted by atomic mass is 16.5. The van der Waals surface area contributed by atoms with Crippen LogP contribution in [0.5, 0.6) is 5.75 Å².